The molecule has 2 N–H and O–H groups in total. The molecule has 122 valence electrons. The number of carbonyl (C=O) groups excluding carboxylic acids is 1. The van der Waals surface area contributed by atoms with Crippen LogP contribution in [-0.2, 0) is 9.53 Å². The fourth-order valence-corrected chi connectivity index (χ4v) is 3.10. The maximum atomic E-state index is 12.9. The van der Waals surface area contributed by atoms with Crippen molar-refractivity contribution in [1.82, 2.24) is 14.7 Å². The highest BCUT2D eigenvalue weighted by molar-refractivity contribution is 5.87. The molecule has 2 heterocycles. The van der Waals surface area contributed by atoms with Crippen LogP contribution in [0.2, 0.25) is 0 Å². The molecule has 0 spiro atoms. The second-order valence-corrected chi connectivity index (χ2v) is 6.79. The second kappa shape index (κ2) is 7.05. The van der Waals surface area contributed by atoms with Crippen molar-refractivity contribution < 1.29 is 9.53 Å². The molecule has 2 saturated heterocycles. The average molecular weight is 298 g/mol. The number of amides is 1. The molecule has 2 fully saturated rings. The van der Waals surface area contributed by atoms with Crippen molar-refractivity contribution in [3.8, 4) is 0 Å². The van der Waals surface area contributed by atoms with Crippen LogP contribution in [0.4, 0.5) is 0 Å². The van der Waals surface area contributed by atoms with Crippen LogP contribution >= 0.6 is 0 Å². The van der Waals surface area contributed by atoms with Gasteiger partial charge in [0.05, 0.1) is 6.61 Å². The van der Waals surface area contributed by atoms with Crippen LogP contribution in [0.3, 0.4) is 0 Å². The summed E-state index contributed by atoms with van der Waals surface area (Å²) >= 11 is 0. The summed E-state index contributed by atoms with van der Waals surface area (Å²) in [5, 5.41) is 0. The van der Waals surface area contributed by atoms with Gasteiger partial charge in [0.1, 0.15) is 5.54 Å². The highest BCUT2D eigenvalue weighted by atomic mass is 16.5. The molecule has 0 aromatic heterocycles. The first-order valence-corrected chi connectivity index (χ1v) is 7.93. The highest BCUT2D eigenvalue weighted by Crippen LogP contribution is 2.23. The molecule has 0 aromatic rings. The van der Waals surface area contributed by atoms with E-state index in [1.807, 2.05) is 19.0 Å². The highest BCUT2D eigenvalue weighted by Gasteiger charge is 2.43. The first kappa shape index (κ1) is 16.7. The maximum absolute atomic E-state index is 12.9. The van der Waals surface area contributed by atoms with Crippen LogP contribution in [0, 0.1) is 0 Å². The summed E-state index contributed by atoms with van der Waals surface area (Å²) in [5.41, 5.74) is 5.49. The Morgan fingerprint density at radius 3 is 2.52 bits per heavy atom. The fourth-order valence-electron chi connectivity index (χ4n) is 3.10. The van der Waals surface area contributed by atoms with Gasteiger partial charge in [0.2, 0.25) is 5.91 Å². The molecule has 1 atom stereocenters. The molecule has 1 amide bonds. The number of likely N-dealkylation sites (N-methyl/N-ethyl adjacent to an activating group) is 1. The predicted octanol–water partition coefficient (Wildman–Crippen LogP) is -0.411. The summed E-state index contributed by atoms with van der Waals surface area (Å²) in [7, 11) is 6.21. The molecule has 6 heteroatoms. The lowest BCUT2D eigenvalue weighted by Crippen LogP contribution is -2.60. The zero-order valence-corrected chi connectivity index (χ0v) is 13.7. The predicted molar refractivity (Wildman–Crippen MR) is 83.1 cm³/mol. The Hall–Kier alpha value is -0.690. The fraction of sp³-hybridized carbons (Fsp3) is 0.933. The van der Waals surface area contributed by atoms with E-state index in [0.717, 1.165) is 39.0 Å². The van der Waals surface area contributed by atoms with E-state index in [1.54, 1.807) is 0 Å². The maximum Gasteiger partial charge on any atom is 0.245 e. The molecule has 2 aliphatic rings. The quantitative estimate of drug-likeness (QED) is 0.747. The Bertz CT molecular complexity index is 348. The number of nitrogens with zero attached hydrogens (tertiary/aromatic N) is 3. The minimum Gasteiger partial charge on any atom is -0.379 e. The molecule has 1 unspecified atom stereocenters. The summed E-state index contributed by atoms with van der Waals surface area (Å²) < 4.78 is 5.37. The first-order valence-electron chi connectivity index (χ1n) is 7.93. The number of nitrogens with two attached hydrogens (primary N) is 1. The second-order valence-electron chi connectivity index (χ2n) is 6.79. The number of rotatable bonds is 5. The molecule has 21 heavy (non-hydrogen) atoms. The summed E-state index contributed by atoms with van der Waals surface area (Å²) in [4.78, 5) is 19.4. The number of hydrogen-bond acceptors (Lipinski definition) is 5. The van der Waals surface area contributed by atoms with Gasteiger partial charge in [0, 0.05) is 25.7 Å². The van der Waals surface area contributed by atoms with E-state index >= 15 is 0 Å². The van der Waals surface area contributed by atoms with Crippen molar-refractivity contribution in [2.45, 2.75) is 30.8 Å². The number of likely N-dealkylation sites (tertiary alicyclic amines) is 1. The van der Waals surface area contributed by atoms with Gasteiger partial charge in [0.15, 0.2) is 0 Å². The standard InChI is InChI=1S/C15H30N4O2/c1-17(2)9-10-19(13-4-7-18(3)8-5-13)14(20)15(16)6-11-21-12-15/h13H,4-12,16H2,1-3H3. The first-order chi connectivity index (χ1) is 9.92. The third-order valence-electron chi connectivity index (χ3n) is 4.66. The van der Waals surface area contributed by atoms with E-state index in [2.05, 4.69) is 16.8 Å². The minimum atomic E-state index is -0.810. The van der Waals surface area contributed by atoms with Crippen molar-refractivity contribution in [3.05, 3.63) is 0 Å². The zero-order chi connectivity index (χ0) is 15.5. The van der Waals surface area contributed by atoms with E-state index in [9.17, 15) is 4.79 Å². The van der Waals surface area contributed by atoms with E-state index in [4.69, 9.17) is 10.5 Å². The number of hydrogen-bond donors (Lipinski definition) is 1. The Morgan fingerprint density at radius 2 is 2.00 bits per heavy atom. The molecule has 6 nitrogen and oxygen atoms in total. The van der Waals surface area contributed by atoms with Gasteiger partial charge in [-0.05, 0) is 53.5 Å². The van der Waals surface area contributed by atoms with Crippen molar-refractivity contribution in [3.63, 3.8) is 0 Å². The van der Waals surface area contributed by atoms with Crippen LogP contribution in [0.25, 0.3) is 0 Å². The van der Waals surface area contributed by atoms with Gasteiger partial charge in [-0.1, -0.05) is 0 Å². The monoisotopic (exact) mass is 298 g/mol. The molecule has 0 aromatic carbocycles. The van der Waals surface area contributed by atoms with Gasteiger partial charge in [-0.25, -0.2) is 0 Å². The number of piperidine rings is 1. The lowest BCUT2D eigenvalue weighted by Gasteiger charge is -2.40. The normalized spacial score (nSPS) is 28.2. The van der Waals surface area contributed by atoms with Crippen LogP contribution in [-0.4, -0.2) is 92.7 Å². The summed E-state index contributed by atoms with van der Waals surface area (Å²) in [5.74, 6) is 0.0800. The number of carbonyl (C=O) groups is 1. The Morgan fingerprint density at radius 1 is 1.33 bits per heavy atom. The van der Waals surface area contributed by atoms with Crippen molar-refractivity contribution in [2.24, 2.45) is 5.73 Å². The SMILES string of the molecule is CN(C)CCN(C(=O)C1(N)CCOC1)C1CCN(C)CC1. The molecule has 0 radical (unpaired) electrons. The van der Waals surface area contributed by atoms with Crippen LogP contribution in [0.15, 0.2) is 0 Å². The third kappa shape index (κ3) is 4.16. The topological polar surface area (TPSA) is 62.0 Å². The number of ether oxygens (including phenoxy) is 1. The summed E-state index contributed by atoms with van der Waals surface area (Å²) in [6.07, 6.45) is 2.70. The Balaban J connectivity index is 2.05. The summed E-state index contributed by atoms with van der Waals surface area (Å²) in [6.45, 7) is 4.66. The van der Waals surface area contributed by atoms with Gasteiger partial charge in [-0.15, -0.1) is 0 Å². The van der Waals surface area contributed by atoms with E-state index in [0.29, 0.717) is 25.7 Å². The molecule has 2 rings (SSSR count). The molecule has 2 aliphatic heterocycles. The molecule has 0 bridgehead atoms. The lowest BCUT2D eigenvalue weighted by atomic mass is 9.95. The van der Waals surface area contributed by atoms with Gasteiger partial charge in [-0.2, -0.15) is 0 Å². The minimum absolute atomic E-state index is 0.0800. The van der Waals surface area contributed by atoms with E-state index < -0.39 is 5.54 Å². The van der Waals surface area contributed by atoms with Gasteiger partial charge < -0.3 is 25.2 Å². The van der Waals surface area contributed by atoms with Crippen molar-refractivity contribution >= 4 is 5.91 Å². The van der Waals surface area contributed by atoms with Gasteiger partial charge in [0.25, 0.3) is 0 Å². The largest absolute Gasteiger partial charge is 0.379 e. The van der Waals surface area contributed by atoms with Crippen molar-refractivity contribution in [2.75, 3.05) is 60.5 Å². The average Bonchev–Trinajstić information content (AvgIpc) is 2.88. The third-order valence-corrected chi connectivity index (χ3v) is 4.66. The van der Waals surface area contributed by atoms with Crippen LogP contribution < -0.4 is 5.73 Å². The smallest absolute Gasteiger partial charge is 0.245 e. The van der Waals surface area contributed by atoms with E-state index in [1.165, 1.54) is 0 Å². The molecule has 0 saturated carbocycles. The summed E-state index contributed by atoms with van der Waals surface area (Å²) in [6, 6.07) is 0.315. The lowest BCUT2D eigenvalue weighted by molar-refractivity contribution is -0.140. The van der Waals surface area contributed by atoms with Crippen LogP contribution in [0.1, 0.15) is 19.3 Å². The zero-order valence-electron chi connectivity index (χ0n) is 13.7. The Labute approximate surface area is 128 Å². The Kier molecular flexibility index (Phi) is 5.60. The molecular weight excluding hydrogens is 268 g/mol. The van der Waals surface area contributed by atoms with Crippen LogP contribution in [0.5, 0.6) is 0 Å². The molecule has 0 aliphatic carbocycles. The van der Waals surface area contributed by atoms with Gasteiger partial charge in [-0.3, -0.25) is 4.79 Å². The van der Waals surface area contributed by atoms with E-state index in [-0.39, 0.29) is 5.91 Å². The van der Waals surface area contributed by atoms with Gasteiger partial charge >= 0.3 is 0 Å². The molecular formula is C15H30N4O2. The van der Waals surface area contributed by atoms with Crippen molar-refractivity contribution in [1.29, 1.82) is 0 Å².